The smallest absolute Gasteiger partial charge is 0.308 e. The maximum absolute atomic E-state index is 11.5. The van der Waals surface area contributed by atoms with Gasteiger partial charge in [-0.05, 0) is 25.2 Å². The van der Waals surface area contributed by atoms with Gasteiger partial charge in [0.25, 0.3) is 0 Å². The summed E-state index contributed by atoms with van der Waals surface area (Å²) in [6.45, 7) is 3.15. The van der Waals surface area contributed by atoms with Gasteiger partial charge >= 0.3 is 5.97 Å². The van der Waals surface area contributed by atoms with E-state index in [9.17, 15) is 18.3 Å². The largest absolute Gasteiger partial charge is 0.481 e. The van der Waals surface area contributed by atoms with E-state index in [-0.39, 0.29) is 23.5 Å². The summed E-state index contributed by atoms with van der Waals surface area (Å²) in [5, 5.41) is 9.41. The number of aliphatic carboxylic acids is 1. The van der Waals surface area contributed by atoms with E-state index in [4.69, 9.17) is 0 Å². The fraction of sp³-hybridized carbons (Fsp3) is 0.929. The fourth-order valence-corrected chi connectivity index (χ4v) is 4.88. The number of carbonyl (C=O) groups is 1. The molecule has 116 valence electrons. The van der Waals surface area contributed by atoms with Crippen molar-refractivity contribution in [1.29, 1.82) is 0 Å². The highest BCUT2D eigenvalue weighted by molar-refractivity contribution is 7.91. The molecule has 1 aliphatic heterocycles. The summed E-state index contributed by atoms with van der Waals surface area (Å²) in [7, 11) is -2.90. The van der Waals surface area contributed by atoms with Crippen LogP contribution in [-0.2, 0) is 14.6 Å². The molecule has 0 aromatic carbocycles. The Bertz CT molecular complexity index is 434. The Morgan fingerprint density at radius 1 is 1.25 bits per heavy atom. The molecule has 6 heteroatoms. The Kier molecular flexibility index (Phi) is 5.07. The van der Waals surface area contributed by atoms with Gasteiger partial charge in [0.15, 0.2) is 9.84 Å². The first kappa shape index (κ1) is 15.8. The van der Waals surface area contributed by atoms with Crippen LogP contribution in [0.3, 0.4) is 0 Å². The first-order valence-corrected chi connectivity index (χ1v) is 9.42. The molecule has 0 bridgehead atoms. The highest BCUT2D eigenvalue weighted by atomic mass is 32.2. The van der Waals surface area contributed by atoms with E-state index >= 15 is 0 Å². The summed E-state index contributed by atoms with van der Waals surface area (Å²) >= 11 is 0. The van der Waals surface area contributed by atoms with Crippen LogP contribution >= 0.6 is 0 Å². The quantitative estimate of drug-likeness (QED) is 0.849. The van der Waals surface area contributed by atoms with Crippen molar-refractivity contribution in [2.75, 3.05) is 24.6 Å². The van der Waals surface area contributed by atoms with Gasteiger partial charge in [-0.15, -0.1) is 0 Å². The molecule has 2 aliphatic rings. The monoisotopic (exact) mass is 303 g/mol. The molecular weight excluding hydrogens is 278 g/mol. The molecule has 3 atom stereocenters. The van der Waals surface area contributed by atoms with Crippen LogP contribution in [0.2, 0.25) is 0 Å². The van der Waals surface area contributed by atoms with Crippen LogP contribution < -0.4 is 0 Å². The second-order valence-electron chi connectivity index (χ2n) is 6.17. The van der Waals surface area contributed by atoms with Gasteiger partial charge in [0, 0.05) is 19.1 Å². The lowest BCUT2D eigenvalue weighted by Gasteiger charge is -2.42. The molecule has 2 rings (SSSR count). The minimum Gasteiger partial charge on any atom is -0.481 e. The molecule has 0 radical (unpaired) electrons. The SMILES string of the molecule is CCCC1CCC(C(=O)O)C(N2CCS(=O)(=O)CC2)C1. The average Bonchev–Trinajstić information content (AvgIpc) is 2.38. The highest BCUT2D eigenvalue weighted by Crippen LogP contribution is 2.35. The van der Waals surface area contributed by atoms with E-state index < -0.39 is 15.8 Å². The van der Waals surface area contributed by atoms with E-state index in [2.05, 4.69) is 11.8 Å². The van der Waals surface area contributed by atoms with Crippen molar-refractivity contribution >= 4 is 15.8 Å². The van der Waals surface area contributed by atoms with Crippen molar-refractivity contribution in [3.05, 3.63) is 0 Å². The lowest BCUT2D eigenvalue weighted by atomic mass is 9.76. The van der Waals surface area contributed by atoms with Gasteiger partial charge in [0.2, 0.25) is 0 Å². The zero-order chi connectivity index (χ0) is 14.8. The molecule has 1 saturated heterocycles. The van der Waals surface area contributed by atoms with Crippen molar-refractivity contribution in [3.63, 3.8) is 0 Å². The first-order valence-electron chi connectivity index (χ1n) is 7.60. The minimum absolute atomic E-state index is 0.0216. The fourth-order valence-electron chi connectivity index (χ4n) is 3.65. The van der Waals surface area contributed by atoms with Crippen LogP contribution in [0.25, 0.3) is 0 Å². The molecule has 0 amide bonds. The normalized spacial score (nSPS) is 34.8. The van der Waals surface area contributed by atoms with Crippen LogP contribution in [0.5, 0.6) is 0 Å². The second-order valence-corrected chi connectivity index (χ2v) is 8.47. The Hall–Kier alpha value is -0.620. The second kappa shape index (κ2) is 6.43. The minimum atomic E-state index is -2.90. The molecule has 0 aromatic heterocycles. The number of nitrogens with zero attached hydrogens (tertiary/aromatic N) is 1. The van der Waals surface area contributed by atoms with Gasteiger partial charge in [0.05, 0.1) is 17.4 Å². The Morgan fingerprint density at radius 3 is 2.45 bits per heavy atom. The molecule has 1 aliphatic carbocycles. The van der Waals surface area contributed by atoms with Gasteiger partial charge in [-0.1, -0.05) is 19.8 Å². The van der Waals surface area contributed by atoms with Crippen LogP contribution in [-0.4, -0.2) is 55.0 Å². The third-order valence-electron chi connectivity index (χ3n) is 4.79. The van der Waals surface area contributed by atoms with Crippen LogP contribution in [0.1, 0.15) is 39.0 Å². The van der Waals surface area contributed by atoms with E-state index in [1.54, 1.807) is 0 Å². The predicted molar refractivity (Wildman–Crippen MR) is 77.4 cm³/mol. The van der Waals surface area contributed by atoms with Crippen LogP contribution in [0.4, 0.5) is 0 Å². The number of sulfone groups is 1. The third kappa shape index (κ3) is 3.73. The summed E-state index contributed by atoms with van der Waals surface area (Å²) < 4.78 is 23.0. The maximum Gasteiger partial charge on any atom is 0.308 e. The van der Waals surface area contributed by atoms with Crippen molar-refractivity contribution in [2.24, 2.45) is 11.8 Å². The third-order valence-corrected chi connectivity index (χ3v) is 6.40. The molecule has 0 spiro atoms. The lowest BCUT2D eigenvalue weighted by molar-refractivity contribution is -0.146. The van der Waals surface area contributed by atoms with Crippen LogP contribution in [0, 0.1) is 11.8 Å². The molecule has 20 heavy (non-hydrogen) atoms. The molecule has 0 aromatic rings. The van der Waals surface area contributed by atoms with Gasteiger partial charge in [-0.25, -0.2) is 8.42 Å². The van der Waals surface area contributed by atoms with Gasteiger partial charge in [0.1, 0.15) is 0 Å². The van der Waals surface area contributed by atoms with Crippen molar-refractivity contribution < 1.29 is 18.3 Å². The lowest BCUT2D eigenvalue weighted by Crippen LogP contribution is -2.52. The van der Waals surface area contributed by atoms with Crippen molar-refractivity contribution in [2.45, 2.75) is 45.1 Å². The maximum atomic E-state index is 11.5. The van der Waals surface area contributed by atoms with Gasteiger partial charge < -0.3 is 5.11 Å². The zero-order valence-electron chi connectivity index (χ0n) is 12.1. The molecule has 1 heterocycles. The van der Waals surface area contributed by atoms with Crippen molar-refractivity contribution in [1.82, 2.24) is 4.90 Å². The molecule has 5 nitrogen and oxygen atoms in total. The zero-order valence-corrected chi connectivity index (χ0v) is 12.9. The standard InChI is InChI=1S/C14H25NO4S/c1-2-3-11-4-5-12(14(16)17)13(10-11)15-6-8-20(18,19)9-7-15/h11-13H,2-10H2,1H3,(H,16,17). The molecule has 1 saturated carbocycles. The summed E-state index contributed by atoms with van der Waals surface area (Å²) in [5.41, 5.74) is 0. The molecule has 2 fully saturated rings. The Labute approximate surface area is 121 Å². The van der Waals surface area contributed by atoms with E-state index in [0.717, 1.165) is 32.1 Å². The summed E-state index contributed by atoms with van der Waals surface area (Å²) in [4.78, 5) is 13.6. The number of rotatable bonds is 4. The summed E-state index contributed by atoms with van der Waals surface area (Å²) in [6.07, 6.45) is 4.91. The Morgan fingerprint density at radius 2 is 1.90 bits per heavy atom. The predicted octanol–water partition coefficient (Wildman–Crippen LogP) is 1.39. The molecule has 3 unspecified atom stereocenters. The molecule has 1 N–H and O–H groups in total. The number of hydrogen-bond acceptors (Lipinski definition) is 4. The van der Waals surface area contributed by atoms with E-state index in [1.807, 2.05) is 0 Å². The summed E-state index contributed by atoms with van der Waals surface area (Å²) in [5.74, 6) is -0.107. The van der Waals surface area contributed by atoms with E-state index in [1.165, 1.54) is 0 Å². The number of carboxylic acids is 1. The Balaban J connectivity index is 2.05. The summed E-state index contributed by atoms with van der Waals surface area (Å²) in [6, 6.07) is 0.0216. The average molecular weight is 303 g/mol. The highest BCUT2D eigenvalue weighted by Gasteiger charge is 2.39. The number of hydrogen-bond donors (Lipinski definition) is 1. The van der Waals surface area contributed by atoms with Crippen molar-refractivity contribution in [3.8, 4) is 0 Å². The number of carboxylic acid groups (broad SMARTS) is 1. The van der Waals surface area contributed by atoms with Gasteiger partial charge in [-0.3, -0.25) is 9.69 Å². The van der Waals surface area contributed by atoms with E-state index in [0.29, 0.717) is 19.0 Å². The van der Waals surface area contributed by atoms with Crippen LogP contribution in [0.15, 0.2) is 0 Å². The topological polar surface area (TPSA) is 74.7 Å². The first-order chi connectivity index (χ1) is 9.43. The van der Waals surface area contributed by atoms with Gasteiger partial charge in [-0.2, -0.15) is 0 Å². The molecular formula is C14H25NO4S.